The van der Waals surface area contributed by atoms with Crippen LogP contribution < -0.4 is 4.90 Å². The van der Waals surface area contributed by atoms with Crippen molar-refractivity contribution >= 4 is 11.7 Å². The van der Waals surface area contributed by atoms with Crippen molar-refractivity contribution in [2.75, 3.05) is 31.1 Å². The molecular formula is C18H23N5O2. The van der Waals surface area contributed by atoms with E-state index < -0.39 is 0 Å². The fourth-order valence-electron chi connectivity index (χ4n) is 3.68. The van der Waals surface area contributed by atoms with Crippen LogP contribution in [-0.2, 0) is 0 Å². The maximum absolute atomic E-state index is 12.8. The molecule has 25 heavy (non-hydrogen) atoms. The fourth-order valence-corrected chi connectivity index (χ4v) is 3.68. The largest absolute Gasteiger partial charge is 0.357 e. The van der Waals surface area contributed by atoms with Gasteiger partial charge in [0.25, 0.3) is 5.91 Å². The Labute approximate surface area is 147 Å². The normalized spacial score (nSPS) is 20.9. The van der Waals surface area contributed by atoms with E-state index in [0.29, 0.717) is 23.8 Å². The molecule has 132 valence electrons. The molecule has 0 spiro atoms. The van der Waals surface area contributed by atoms with E-state index in [4.69, 9.17) is 4.52 Å². The number of pyridine rings is 1. The summed E-state index contributed by atoms with van der Waals surface area (Å²) >= 11 is 0. The van der Waals surface area contributed by atoms with Crippen molar-refractivity contribution in [1.29, 1.82) is 0 Å². The maximum atomic E-state index is 12.8. The Hall–Kier alpha value is -2.44. The zero-order chi connectivity index (χ0) is 17.2. The first kappa shape index (κ1) is 16.1. The summed E-state index contributed by atoms with van der Waals surface area (Å²) in [6.07, 6.45) is 6.07. The number of amides is 1. The minimum absolute atomic E-state index is 0.0328. The van der Waals surface area contributed by atoms with E-state index >= 15 is 0 Å². The van der Waals surface area contributed by atoms with E-state index in [0.717, 1.165) is 38.3 Å². The Morgan fingerprint density at radius 1 is 1.20 bits per heavy atom. The number of aromatic nitrogens is 3. The Kier molecular flexibility index (Phi) is 4.38. The van der Waals surface area contributed by atoms with Crippen LogP contribution in [0, 0.1) is 6.92 Å². The molecule has 7 heteroatoms. The molecule has 1 amide bonds. The summed E-state index contributed by atoms with van der Waals surface area (Å²) in [4.78, 5) is 25.8. The molecule has 0 bridgehead atoms. The highest BCUT2D eigenvalue weighted by molar-refractivity contribution is 5.94. The summed E-state index contributed by atoms with van der Waals surface area (Å²) in [5.41, 5.74) is 0.646. The lowest BCUT2D eigenvalue weighted by Crippen LogP contribution is -2.39. The third kappa shape index (κ3) is 3.36. The highest BCUT2D eigenvalue weighted by atomic mass is 16.5. The molecule has 0 radical (unpaired) electrons. The predicted octanol–water partition coefficient (Wildman–Crippen LogP) is 2.39. The smallest absolute Gasteiger partial charge is 0.255 e. The van der Waals surface area contributed by atoms with Gasteiger partial charge in [0.1, 0.15) is 5.82 Å². The van der Waals surface area contributed by atoms with Gasteiger partial charge in [0.2, 0.25) is 5.89 Å². The number of aryl methyl sites for hydroxylation is 1. The van der Waals surface area contributed by atoms with Gasteiger partial charge in [-0.05, 0) is 37.8 Å². The zero-order valence-corrected chi connectivity index (χ0v) is 14.5. The SMILES string of the molecule is Cc1nc([C@H]2CCCN(C(=O)c3ccc(N4CCCC4)nc3)C2)no1. The molecule has 2 aliphatic rings. The summed E-state index contributed by atoms with van der Waals surface area (Å²) in [6.45, 7) is 5.29. The number of nitrogens with zero attached hydrogens (tertiary/aromatic N) is 5. The van der Waals surface area contributed by atoms with Crippen molar-refractivity contribution in [2.45, 2.75) is 38.5 Å². The number of anilines is 1. The monoisotopic (exact) mass is 341 g/mol. The van der Waals surface area contributed by atoms with Gasteiger partial charge in [-0.2, -0.15) is 4.98 Å². The van der Waals surface area contributed by atoms with Gasteiger partial charge in [0.15, 0.2) is 5.82 Å². The molecule has 0 saturated carbocycles. The number of rotatable bonds is 3. The second-order valence-electron chi connectivity index (χ2n) is 6.86. The lowest BCUT2D eigenvalue weighted by atomic mass is 9.97. The average molecular weight is 341 g/mol. The van der Waals surface area contributed by atoms with Gasteiger partial charge in [-0.15, -0.1) is 0 Å². The Morgan fingerprint density at radius 2 is 2.04 bits per heavy atom. The Bertz CT molecular complexity index is 736. The van der Waals surface area contributed by atoms with Crippen molar-refractivity contribution in [1.82, 2.24) is 20.0 Å². The fraction of sp³-hybridized carbons (Fsp3) is 0.556. The number of hydrogen-bond donors (Lipinski definition) is 0. The van der Waals surface area contributed by atoms with E-state index in [2.05, 4.69) is 20.0 Å². The molecule has 2 saturated heterocycles. The molecule has 0 aliphatic carbocycles. The molecular weight excluding hydrogens is 318 g/mol. The van der Waals surface area contributed by atoms with Crippen LogP contribution >= 0.6 is 0 Å². The van der Waals surface area contributed by atoms with Crippen molar-refractivity contribution in [3.8, 4) is 0 Å². The van der Waals surface area contributed by atoms with E-state index in [1.165, 1.54) is 12.8 Å². The quantitative estimate of drug-likeness (QED) is 0.853. The summed E-state index contributed by atoms with van der Waals surface area (Å²) in [7, 11) is 0. The highest BCUT2D eigenvalue weighted by Gasteiger charge is 2.28. The molecule has 7 nitrogen and oxygen atoms in total. The highest BCUT2D eigenvalue weighted by Crippen LogP contribution is 2.26. The van der Waals surface area contributed by atoms with Gasteiger partial charge in [-0.1, -0.05) is 5.16 Å². The van der Waals surface area contributed by atoms with Gasteiger partial charge in [-0.3, -0.25) is 4.79 Å². The molecule has 0 aromatic carbocycles. The molecule has 4 rings (SSSR count). The van der Waals surface area contributed by atoms with Crippen LogP contribution in [0.3, 0.4) is 0 Å². The van der Waals surface area contributed by atoms with Crippen LogP contribution in [-0.4, -0.2) is 52.1 Å². The maximum Gasteiger partial charge on any atom is 0.255 e. The Balaban J connectivity index is 1.44. The average Bonchev–Trinajstić information content (AvgIpc) is 3.33. The standard InChI is InChI=1S/C18H23N5O2/c1-13-20-17(21-25-13)15-5-4-10-23(12-15)18(24)14-6-7-16(19-11-14)22-8-2-3-9-22/h6-7,11,15H,2-5,8-10,12H2,1H3/t15-/m0/s1. The van der Waals surface area contributed by atoms with E-state index in [-0.39, 0.29) is 11.8 Å². The molecule has 2 aromatic heterocycles. The molecule has 1 atom stereocenters. The van der Waals surface area contributed by atoms with Gasteiger partial charge < -0.3 is 14.3 Å². The van der Waals surface area contributed by atoms with Gasteiger partial charge >= 0.3 is 0 Å². The second kappa shape index (κ2) is 6.82. The van der Waals surface area contributed by atoms with E-state index in [1.807, 2.05) is 17.0 Å². The number of hydrogen-bond acceptors (Lipinski definition) is 6. The van der Waals surface area contributed by atoms with Crippen LogP contribution in [0.15, 0.2) is 22.9 Å². The Morgan fingerprint density at radius 3 is 2.72 bits per heavy atom. The van der Waals surface area contributed by atoms with Gasteiger partial charge in [0, 0.05) is 45.2 Å². The third-order valence-electron chi connectivity index (χ3n) is 5.04. The van der Waals surface area contributed by atoms with Crippen LogP contribution in [0.1, 0.15) is 53.7 Å². The first-order valence-electron chi connectivity index (χ1n) is 9.01. The van der Waals surface area contributed by atoms with Crippen LogP contribution in [0.2, 0.25) is 0 Å². The minimum Gasteiger partial charge on any atom is -0.357 e. The molecule has 0 N–H and O–H groups in total. The molecule has 2 aliphatic heterocycles. The number of likely N-dealkylation sites (tertiary alicyclic amines) is 1. The summed E-state index contributed by atoms with van der Waals surface area (Å²) in [5.74, 6) is 2.42. The second-order valence-corrected chi connectivity index (χ2v) is 6.86. The topological polar surface area (TPSA) is 75.4 Å². The van der Waals surface area contributed by atoms with Gasteiger partial charge in [0.05, 0.1) is 5.56 Å². The zero-order valence-electron chi connectivity index (χ0n) is 14.5. The van der Waals surface area contributed by atoms with Crippen molar-refractivity contribution in [2.24, 2.45) is 0 Å². The first-order valence-corrected chi connectivity index (χ1v) is 9.01. The number of piperidine rings is 1. The van der Waals surface area contributed by atoms with E-state index in [1.54, 1.807) is 13.1 Å². The van der Waals surface area contributed by atoms with E-state index in [9.17, 15) is 4.79 Å². The predicted molar refractivity (Wildman–Crippen MR) is 92.6 cm³/mol. The van der Waals surface area contributed by atoms with Crippen LogP contribution in [0.4, 0.5) is 5.82 Å². The molecule has 0 unspecified atom stereocenters. The van der Waals surface area contributed by atoms with Gasteiger partial charge in [-0.25, -0.2) is 4.98 Å². The van der Waals surface area contributed by atoms with Crippen molar-refractivity contribution in [3.63, 3.8) is 0 Å². The first-order chi connectivity index (χ1) is 12.2. The molecule has 2 aromatic rings. The van der Waals surface area contributed by atoms with Crippen molar-refractivity contribution < 1.29 is 9.32 Å². The number of carbonyl (C=O) groups excluding carboxylic acids is 1. The summed E-state index contributed by atoms with van der Waals surface area (Å²) < 4.78 is 5.08. The summed E-state index contributed by atoms with van der Waals surface area (Å²) in [6, 6.07) is 3.85. The van der Waals surface area contributed by atoms with Crippen molar-refractivity contribution in [3.05, 3.63) is 35.6 Å². The number of carbonyl (C=O) groups is 1. The van der Waals surface area contributed by atoms with Crippen LogP contribution in [0.5, 0.6) is 0 Å². The third-order valence-corrected chi connectivity index (χ3v) is 5.04. The van der Waals surface area contributed by atoms with Crippen LogP contribution in [0.25, 0.3) is 0 Å². The lowest BCUT2D eigenvalue weighted by Gasteiger charge is -2.31. The molecule has 2 fully saturated rings. The molecule has 4 heterocycles. The summed E-state index contributed by atoms with van der Waals surface area (Å²) in [5, 5.41) is 4.02. The minimum atomic E-state index is 0.0328. The lowest BCUT2D eigenvalue weighted by molar-refractivity contribution is 0.0703.